The number of aryl methyl sites for hydroxylation is 1. The van der Waals surface area contributed by atoms with E-state index in [4.69, 9.17) is 19.3 Å². The lowest BCUT2D eigenvalue weighted by molar-refractivity contribution is 0.0691. The van der Waals surface area contributed by atoms with Crippen molar-refractivity contribution >= 4 is 5.97 Å². The summed E-state index contributed by atoms with van der Waals surface area (Å²) in [7, 11) is 1.52. The van der Waals surface area contributed by atoms with Crippen LogP contribution >= 0.6 is 0 Å². The summed E-state index contributed by atoms with van der Waals surface area (Å²) in [5, 5.41) is 9.16. The van der Waals surface area contributed by atoms with Crippen LogP contribution in [0.2, 0.25) is 0 Å². The van der Waals surface area contributed by atoms with Crippen molar-refractivity contribution in [1.29, 1.82) is 0 Å². The van der Waals surface area contributed by atoms with Crippen LogP contribution in [0.15, 0.2) is 42.5 Å². The van der Waals surface area contributed by atoms with Gasteiger partial charge in [-0.1, -0.05) is 19.1 Å². The first-order valence-electron chi connectivity index (χ1n) is 7.40. The van der Waals surface area contributed by atoms with E-state index in [0.29, 0.717) is 12.4 Å². The van der Waals surface area contributed by atoms with Gasteiger partial charge in [0.05, 0.1) is 7.11 Å². The van der Waals surface area contributed by atoms with E-state index in [2.05, 4.69) is 6.92 Å². The van der Waals surface area contributed by atoms with Crippen molar-refractivity contribution in [3.63, 3.8) is 0 Å². The fourth-order valence-electron chi connectivity index (χ4n) is 2.06. The Labute approximate surface area is 135 Å². The molecule has 2 aromatic carbocycles. The molecule has 0 aliphatic heterocycles. The van der Waals surface area contributed by atoms with Crippen LogP contribution in [0.1, 0.15) is 22.8 Å². The first kappa shape index (κ1) is 16.7. The monoisotopic (exact) mass is 316 g/mol. The van der Waals surface area contributed by atoms with Gasteiger partial charge in [-0.25, -0.2) is 4.79 Å². The molecule has 0 fully saturated rings. The topological polar surface area (TPSA) is 65.0 Å². The van der Waals surface area contributed by atoms with E-state index in [-0.39, 0.29) is 17.9 Å². The lowest BCUT2D eigenvalue weighted by atomic mass is 10.2. The number of ether oxygens (including phenoxy) is 3. The molecule has 0 aliphatic rings. The molecule has 122 valence electrons. The number of hydrogen-bond donors (Lipinski definition) is 1. The summed E-state index contributed by atoms with van der Waals surface area (Å²) in [5.74, 6) is 0.525. The van der Waals surface area contributed by atoms with Crippen LogP contribution in [0.5, 0.6) is 17.2 Å². The molecule has 0 aliphatic carbocycles. The molecule has 0 saturated heterocycles. The van der Waals surface area contributed by atoms with Crippen molar-refractivity contribution in [3.8, 4) is 17.2 Å². The van der Waals surface area contributed by atoms with E-state index in [9.17, 15) is 4.79 Å². The van der Waals surface area contributed by atoms with Crippen molar-refractivity contribution in [2.24, 2.45) is 0 Å². The van der Waals surface area contributed by atoms with E-state index < -0.39 is 5.97 Å². The van der Waals surface area contributed by atoms with E-state index in [1.54, 1.807) is 12.1 Å². The third-order valence-corrected chi connectivity index (χ3v) is 3.36. The van der Waals surface area contributed by atoms with Crippen LogP contribution in [0, 0.1) is 0 Å². The van der Waals surface area contributed by atoms with Crippen molar-refractivity contribution in [2.75, 3.05) is 20.3 Å². The quantitative estimate of drug-likeness (QED) is 0.756. The minimum absolute atomic E-state index is 0.0955. The van der Waals surface area contributed by atoms with Crippen molar-refractivity contribution in [3.05, 3.63) is 53.6 Å². The molecule has 2 aromatic rings. The predicted molar refractivity (Wildman–Crippen MR) is 86.8 cm³/mol. The van der Waals surface area contributed by atoms with E-state index in [0.717, 1.165) is 12.2 Å². The fraction of sp³-hybridized carbons (Fsp3) is 0.278. The number of benzene rings is 2. The molecule has 1 N–H and O–H groups in total. The normalized spacial score (nSPS) is 10.2. The van der Waals surface area contributed by atoms with Crippen molar-refractivity contribution in [1.82, 2.24) is 0 Å². The van der Waals surface area contributed by atoms with Gasteiger partial charge in [0.1, 0.15) is 36.0 Å². The molecule has 0 aromatic heterocycles. The number of carboxylic acids is 1. The summed E-state index contributed by atoms with van der Waals surface area (Å²) >= 11 is 0. The van der Waals surface area contributed by atoms with Gasteiger partial charge in [0.15, 0.2) is 0 Å². The Morgan fingerprint density at radius 2 is 1.65 bits per heavy atom. The largest absolute Gasteiger partial charge is 0.497 e. The molecule has 23 heavy (non-hydrogen) atoms. The Hall–Kier alpha value is -2.69. The maximum Gasteiger partial charge on any atom is 0.339 e. The molecular formula is C18H20O5. The first-order valence-corrected chi connectivity index (χ1v) is 7.40. The second-order valence-electron chi connectivity index (χ2n) is 4.86. The Balaban J connectivity index is 1.91. The van der Waals surface area contributed by atoms with Crippen LogP contribution in [-0.4, -0.2) is 31.4 Å². The molecule has 0 bridgehead atoms. The van der Waals surface area contributed by atoms with Gasteiger partial charge in [-0.2, -0.15) is 0 Å². The smallest absolute Gasteiger partial charge is 0.339 e. The lowest BCUT2D eigenvalue weighted by Crippen LogP contribution is -2.11. The van der Waals surface area contributed by atoms with Crippen LogP contribution in [0.3, 0.4) is 0 Å². The van der Waals surface area contributed by atoms with E-state index >= 15 is 0 Å². The Morgan fingerprint density at radius 3 is 2.26 bits per heavy atom. The van der Waals surface area contributed by atoms with E-state index in [1.165, 1.54) is 18.7 Å². The highest BCUT2D eigenvalue weighted by atomic mass is 16.5. The number of methoxy groups -OCH3 is 1. The third-order valence-electron chi connectivity index (χ3n) is 3.36. The summed E-state index contributed by atoms with van der Waals surface area (Å²) < 4.78 is 16.2. The summed E-state index contributed by atoms with van der Waals surface area (Å²) in [4.78, 5) is 11.2. The van der Waals surface area contributed by atoms with E-state index in [1.807, 2.05) is 24.3 Å². The number of aromatic carboxylic acids is 1. The third kappa shape index (κ3) is 4.64. The number of carboxylic acid groups (broad SMARTS) is 1. The van der Waals surface area contributed by atoms with Gasteiger partial charge >= 0.3 is 5.97 Å². The molecule has 0 radical (unpaired) electrons. The molecule has 5 heteroatoms. The number of carbonyl (C=O) groups is 1. The molecule has 0 heterocycles. The van der Waals surface area contributed by atoms with Crippen LogP contribution < -0.4 is 14.2 Å². The summed E-state index contributed by atoms with van der Waals surface area (Å²) in [6.45, 7) is 2.66. The van der Waals surface area contributed by atoms with Crippen molar-refractivity contribution < 1.29 is 24.1 Å². The van der Waals surface area contributed by atoms with Crippen LogP contribution in [0.4, 0.5) is 0 Å². The van der Waals surface area contributed by atoms with Crippen LogP contribution in [0.25, 0.3) is 0 Å². The van der Waals surface area contributed by atoms with Gasteiger partial charge in [0.25, 0.3) is 0 Å². The lowest BCUT2D eigenvalue weighted by Gasteiger charge is -2.11. The summed E-state index contributed by atoms with van der Waals surface area (Å²) in [6, 6.07) is 12.4. The highest BCUT2D eigenvalue weighted by Gasteiger charge is 2.12. The summed E-state index contributed by atoms with van der Waals surface area (Å²) in [5.41, 5.74) is 1.34. The molecule has 0 atom stereocenters. The van der Waals surface area contributed by atoms with Gasteiger partial charge in [0.2, 0.25) is 0 Å². The zero-order valence-corrected chi connectivity index (χ0v) is 13.2. The fourth-order valence-corrected chi connectivity index (χ4v) is 2.06. The average molecular weight is 316 g/mol. The first-order chi connectivity index (χ1) is 11.1. The SMILES string of the molecule is CCc1ccc(OCCOc2cc(OC)ccc2C(=O)O)cc1. The maximum absolute atomic E-state index is 11.2. The molecule has 5 nitrogen and oxygen atoms in total. The average Bonchev–Trinajstić information content (AvgIpc) is 2.58. The molecule has 2 rings (SSSR count). The molecule has 0 unspecified atom stereocenters. The second kappa shape index (κ2) is 8.08. The highest BCUT2D eigenvalue weighted by molar-refractivity contribution is 5.91. The maximum atomic E-state index is 11.2. The Kier molecular flexibility index (Phi) is 5.86. The standard InChI is InChI=1S/C18H20O5/c1-3-13-4-6-14(7-5-13)22-10-11-23-17-12-15(21-2)8-9-16(17)18(19)20/h4-9,12H,3,10-11H2,1-2H3,(H,19,20). The minimum Gasteiger partial charge on any atom is -0.497 e. The number of rotatable bonds is 8. The van der Waals surface area contributed by atoms with Gasteiger partial charge in [0, 0.05) is 6.07 Å². The second-order valence-corrected chi connectivity index (χ2v) is 4.86. The zero-order chi connectivity index (χ0) is 16.7. The molecule has 0 amide bonds. The summed E-state index contributed by atoms with van der Waals surface area (Å²) in [6.07, 6.45) is 0.983. The van der Waals surface area contributed by atoms with Gasteiger partial charge in [-0.3, -0.25) is 0 Å². The zero-order valence-electron chi connectivity index (χ0n) is 13.2. The Morgan fingerprint density at radius 1 is 1.00 bits per heavy atom. The Bertz CT molecular complexity index is 649. The minimum atomic E-state index is -1.04. The van der Waals surface area contributed by atoms with Crippen LogP contribution in [-0.2, 0) is 6.42 Å². The predicted octanol–water partition coefficient (Wildman–Crippen LogP) is 3.41. The van der Waals surface area contributed by atoms with Gasteiger partial charge in [-0.05, 0) is 36.2 Å². The molecular weight excluding hydrogens is 296 g/mol. The highest BCUT2D eigenvalue weighted by Crippen LogP contribution is 2.25. The number of hydrogen-bond acceptors (Lipinski definition) is 4. The molecule has 0 spiro atoms. The van der Waals surface area contributed by atoms with Gasteiger partial charge < -0.3 is 19.3 Å². The van der Waals surface area contributed by atoms with Crippen molar-refractivity contribution in [2.45, 2.75) is 13.3 Å². The van der Waals surface area contributed by atoms with Gasteiger partial charge in [-0.15, -0.1) is 0 Å². The molecule has 0 saturated carbocycles.